The van der Waals surface area contributed by atoms with Crippen LogP contribution >= 0.6 is 11.6 Å². The van der Waals surface area contributed by atoms with E-state index in [4.69, 9.17) is 16.3 Å². The minimum atomic E-state index is -0.650. The van der Waals surface area contributed by atoms with Gasteiger partial charge in [0, 0.05) is 28.4 Å². The third-order valence-corrected chi connectivity index (χ3v) is 4.51. The van der Waals surface area contributed by atoms with Gasteiger partial charge in [-0.15, -0.1) is 0 Å². The lowest BCUT2D eigenvalue weighted by atomic mass is 10.1. The van der Waals surface area contributed by atoms with Gasteiger partial charge in [0.1, 0.15) is 29.7 Å². The lowest BCUT2D eigenvalue weighted by Crippen LogP contribution is -2.13. The van der Waals surface area contributed by atoms with Crippen LogP contribution in [-0.2, 0) is 11.4 Å². The van der Waals surface area contributed by atoms with Gasteiger partial charge in [-0.25, -0.2) is 0 Å². The fraction of sp³-hybridized carbons (Fsp3) is 0.0435. The highest BCUT2D eigenvalue weighted by atomic mass is 35.5. The molecular formula is C23H16ClN3O5. The predicted molar refractivity (Wildman–Crippen MR) is 119 cm³/mol. The molecule has 2 N–H and O–H groups in total. The van der Waals surface area contributed by atoms with Gasteiger partial charge >= 0.3 is 0 Å². The van der Waals surface area contributed by atoms with Crippen molar-refractivity contribution in [3.8, 4) is 17.6 Å². The fourth-order valence-electron chi connectivity index (χ4n) is 2.73. The first-order valence-corrected chi connectivity index (χ1v) is 9.61. The van der Waals surface area contributed by atoms with Gasteiger partial charge in [-0.2, -0.15) is 5.26 Å². The Labute approximate surface area is 188 Å². The Morgan fingerprint density at radius 3 is 2.62 bits per heavy atom. The molecule has 0 aliphatic rings. The number of nitro benzene ring substituents is 1. The number of anilines is 1. The summed E-state index contributed by atoms with van der Waals surface area (Å²) in [6.45, 7) is 0.0335. The minimum absolute atomic E-state index is 0.0335. The van der Waals surface area contributed by atoms with Gasteiger partial charge in [0.05, 0.1) is 4.92 Å². The van der Waals surface area contributed by atoms with Crippen molar-refractivity contribution in [2.75, 3.05) is 5.32 Å². The summed E-state index contributed by atoms with van der Waals surface area (Å²) in [5.74, 6) is -0.266. The number of phenolic OH excluding ortho intramolecular Hbond substituents is 1. The molecule has 3 aromatic rings. The molecule has 0 heterocycles. The number of carbonyl (C=O) groups excluding carboxylic acids is 1. The number of nitrogens with one attached hydrogen (secondary N) is 1. The number of benzene rings is 3. The second-order valence-corrected chi connectivity index (χ2v) is 7.01. The average Bonchev–Trinajstić information content (AvgIpc) is 2.78. The normalized spacial score (nSPS) is 10.8. The van der Waals surface area contributed by atoms with E-state index in [-0.39, 0.29) is 23.6 Å². The molecular weight excluding hydrogens is 434 g/mol. The van der Waals surface area contributed by atoms with E-state index in [0.717, 1.165) is 0 Å². The summed E-state index contributed by atoms with van der Waals surface area (Å²) in [6, 6.07) is 18.4. The van der Waals surface area contributed by atoms with Crippen LogP contribution in [-0.4, -0.2) is 15.9 Å². The number of amides is 1. The van der Waals surface area contributed by atoms with E-state index in [1.54, 1.807) is 24.3 Å². The van der Waals surface area contributed by atoms with E-state index >= 15 is 0 Å². The topological polar surface area (TPSA) is 125 Å². The number of non-ortho nitro benzene ring substituents is 1. The van der Waals surface area contributed by atoms with E-state index in [1.165, 1.54) is 48.5 Å². The van der Waals surface area contributed by atoms with Crippen LogP contribution in [0.15, 0.2) is 72.3 Å². The van der Waals surface area contributed by atoms with E-state index in [2.05, 4.69) is 5.32 Å². The molecule has 0 saturated carbocycles. The first-order chi connectivity index (χ1) is 15.4. The molecule has 3 aromatic carbocycles. The van der Waals surface area contributed by atoms with Crippen LogP contribution in [0.5, 0.6) is 11.5 Å². The predicted octanol–water partition coefficient (Wildman–Crippen LogP) is 5.08. The second-order valence-electron chi connectivity index (χ2n) is 6.57. The number of rotatable bonds is 7. The van der Waals surface area contributed by atoms with Crippen LogP contribution in [0.3, 0.4) is 0 Å². The van der Waals surface area contributed by atoms with Crippen molar-refractivity contribution >= 4 is 35.0 Å². The molecule has 0 radical (unpaired) electrons. The van der Waals surface area contributed by atoms with Crippen molar-refractivity contribution < 1.29 is 19.6 Å². The van der Waals surface area contributed by atoms with Crippen molar-refractivity contribution in [3.63, 3.8) is 0 Å². The average molecular weight is 450 g/mol. The van der Waals surface area contributed by atoms with Crippen LogP contribution in [0.2, 0.25) is 5.02 Å². The Hall–Kier alpha value is -4.35. The summed E-state index contributed by atoms with van der Waals surface area (Å²) in [5.41, 5.74) is 1.12. The van der Waals surface area contributed by atoms with Crippen LogP contribution in [0, 0.1) is 21.4 Å². The summed E-state index contributed by atoms with van der Waals surface area (Å²) in [7, 11) is 0. The fourth-order valence-corrected chi connectivity index (χ4v) is 2.91. The number of carbonyl (C=O) groups is 1. The number of hydrogen-bond donors (Lipinski definition) is 2. The van der Waals surface area contributed by atoms with Gasteiger partial charge in [-0.1, -0.05) is 23.7 Å². The molecule has 32 heavy (non-hydrogen) atoms. The number of hydrogen-bond acceptors (Lipinski definition) is 6. The number of ether oxygens (including phenoxy) is 1. The maximum Gasteiger partial charge on any atom is 0.269 e. The van der Waals surface area contributed by atoms with Crippen molar-refractivity contribution in [1.82, 2.24) is 0 Å². The molecule has 0 saturated heterocycles. The summed E-state index contributed by atoms with van der Waals surface area (Å²) in [4.78, 5) is 23.0. The highest BCUT2D eigenvalue weighted by Gasteiger charge is 2.13. The van der Waals surface area contributed by atoms with Crippen molar-refractivity contribution in [2.45, 2.75) is 6.61 Å². The highest BCUT2D eigenvalue weighted by molar-refractivity contribution is 6.30. The smallest absolute Gasteiger partial charge is 0.269 e. The Morgan fingerprint density at radius 1 is 1.19 bits per heavy atom. The summed E-state index contributed by atoms with van der Waals surface area (Å²) < 4.78 is 5.77. The molecule has 1 amide bonds. The molecule has 0 bridgehead atoms. The number of halogens is 1. The number of nitrogens with zero attached hydrogens (tertiary/aromatic N) is 2. The van der Waals surface area contributed by atoms with Gasteiger partial charge < -0.3 is 15.2 Å². The largest absolute Gasteiger partial charge is 0.508 e. The van der Waals surface area contributed by atoms with E-state index < -0.39 is 10.8 Å². The second kappa shape index (κ2) is 10.1. The Morgan fingerprint density at radius 2 is 1.94 bits per heavy atom. The molecule has 8 nitrogen and oxygen atoms in total. The van der Waals surface area contributed by atoms with Crippen LogP contribution in [0.1, 0.15) is 11.1 Å². The van der Waals surface area contributed by atoms with Gasteiger partial charge in [0.25, 0.3) is 11.6 Å². The first kappa shape index (κ1) is 22.3. The van der Waals surface area contributed by atoms with Gasteiger partial charge in [0.15, 0.2) is 0 Å². The number of phenols is 1. The van der Waals surface area contributed by atoms with Gasteiger partial charge in [-0.3, -0.25) is 14.9 Å². The van der Waals surface area contributed by atoms with Crippen molar-refractivity contribution in [3.05, 3.63) is 98.6 Å². The first-order valence-electron chi connectivity index (χ1n) is 9.23. The van der Waals surface area contributed by atoms with E-state index in [9.17, 15) is 25.3 Å². The SMILES string of the molecule is N#C/C(=C\c1cc(Cl)ccc1OCc1cccc([N+](=O)[O-])c1)C(=O)Nc1ccc(O)cc1. The van der Waals surface area contributed by atoms with Crippen LogP contribution in [0.4, 0.5) is 11.4 Å². The third-order valence-electron chi connectivity index (χ3n) is 4.28. The van der Waals surface area contributed by atoms with Crippen LogP contribution in [0.25, 0.3) is 6.08 Å². The summed E-state index contributed by atoms with van der Waals surface area (Å²) in [5, 5.41) is 32.7. The number of nitro groups is 1. The van der Waals surface area contributed by atoms with E-state index in [0.29, 0.717) is 27.6 Å². The summed E-state index contributed by atoms with van der Waals surface area (Å²) in [6.07, 6.45) is 1.34. The molecule has 160 valence electrons. The Balaban J connectivity index is 1.82. The zero-order valence-electron chi connectivity index (χ0n) is 16.5. The molecule has 0 aromatic heterocycles. The maximum atomic E-state index is 12.5. The molecule has 0 fully saturated rings. The Bertz CT molecular complexity index is 1230. The summed E-state index contributed by atoms with van der Waals surface area (Å²) >= 11 is 6.07. The third kappa shape index (κ3) is 5.84. The lowest BCUT2D eigenvalue weighted by Gasteiger charge is -2.11. The minimum Gasteiger partial charge on any atom is -0.508 e. The Kier molecular flexibility index (Phi) is 7.06. The molecule has 0 atom stereocenters. The highest BCUT2D eigenvalue weighted by Crippen LogP contribution is 2.27. The van der Waals surface area contributed by atoms with Gasteiger partial charge in [0.2, 0.25) is 0 Å². The lowest BCUT2D eigenvalue weighted by molar-refractivity contribution is -0.384. The van der Waals surface area contributed by atoms with Gasteiger partial charge in [-0.05, 0) is 54.1 Å². The van der Waals surface area contributed by atoms with Crippen LogP contribution < -0.4 is 10.1 Å². The molecule has 0 unspecified atom stereocenters. The molecule has 0 aliphatic heterocycles. The number of aromatic hydroxyl groups is 1. The quantitative estimate of drug-likeness (QED) is 0.170. The maximum absolute atomic E-state index is 12.5. The monoisotopic (exact) mass is 449 g/mol. The molecule has 9 heteroatoms. The van der Waals surface area contributed by atoms with Crippen molar-refractivity contribution in [1.29, 1.82) is 5.26 Å². The standard InChI is InChI=1S/C23H16ClN3O5/c24-18-4-9-22(32-14-15-2-1-3-20(10-15)27(30)31)16(12-18)11-17(13-25)23(29)26-19-5-7-21(28)8-6-19/h1-12,28H,14H2,(H,26,29)/b17-11+. The van der Waals surface area contributed by atoms with Crippen molar-refractivity contribution in [2.24, 2.45) is 0 Å². The number of nitriles is 1. The molecule has 0 aliphatic carbocycles. The zero-order valence-corrected chi connectivity index (χ0v) is 17.2. The van der Waals surface area contributed by atoms with E-state index in [1.807, 2.05) is 6.07 Å². The molecule has 0 spiro atoms. The molecule has 3 rings (SSSR count). The zero-order chi connectivity index (χ0) is 23.1.